The number of benzene rings is 2. The second kappa shape index (κ2) is 15.6. The van der Waals surface area contributed by atoms with E-state index >= 15 is 0 Å². The number of amides is 3. The summed E-state index contributed by atoms with van der Waals surface area (Å²) in [5.41, 5.74) is 9.87. The van der Waals surface area contributed by atoms with Crippen LogP contribution >= 0.6 is 0 Å². The molecule has 55 heavy (non-hydrogen) atoms. The summed E-state index contributed by atoms with van der Waals surface area (Å²) in [5, 5.41) is 6.56. The predicted molar refractivity (Wildman–Crippen MR) is 210 cm³/mol. The Balaban J connectivity index is 1.00. The van der Waals surface area contributed by atoms with E-state index in [1.54, 1.807) is 18.0 Å². The molecule has 0 bridgehead atoms. The zero-order chi connectivity index (χ0) is 38.9. The van der Waals surface area contributed by atoms with E-state index in [2.05, 4.69) is 93.0 Å². The minimum absolute atomic E-state index is 0.0747. The summed E-state index contributed by atoms with van der Waals surface area (Å²) >= 11 is 0. The van der Waals surface area contributed by atoms with Crippen molar-refractivity contribution in [1.29, 1.82) is 0 Å². The van der Waals surface area contributed by atoms with Gasteiger partial charge >= 0.3 is 6.09 Å². The SMILES string of the molecule is CC(C)[C@@H](NC1=NCCN1)C(=O)N1CCC[C@H]1c1ncc(-c2ccc(-c3ccc(-c4cnc([C@@H]5CCCN5C(=O)[C@@](C)(OC(N)=O)C(C)C)[nH]4)cc3)cc2)[nH]1. The summed E-state index contributed by atoms with van der Waals surface area (Å²) in [6, 6.07) is 15.9. The lowest BCUT2D eigenvalue weighted by molar-refractivity contribution is -0.155. The molecule has 3 amide bonds. The maximum absolute atomic E-state index is 13.8. The van der Waals surface area contributed by atoms with Gasteiger partial charge in [-0.25, -0.2) is 14.8 Å². The highest BCUT2D eigenvalue weighted by molar-refractivity contribution is 5.90. The number of nitrogens with two attached hydrogens (primary N) is 1. The van der Waals surface area contributed by atoms with Crippen molar-refractivity contribution in [3.8, 4) is 33.6 Å². The van der Waals surface area contributed by atoms with Gasteiger partial charge in [-0.15, -0.1) is 0 Å². The number of ether oxygens (including phenoxy) is 1. The van der Waals surface area contributed by atoms with E-state index in [0.717, 1.165) is 71.7 Å². The number of nitrogens with one attached hydrogen (secondary N) is 4. The molecule has 0 unspecified atom stereocenters. The number of hydrogen-bond donors (Lipinski definition) is 5. The van der Waals surface area contributed by atoms with Crippen molar-refractivity contribution < 1.29 is 19.1 Å². The molecule has 0 spiro atoms. The van der Waals surface area contributed by atoms with Gasteiger partial charge < -0.3 is 40.9 Å². The topological polar surface area (TPSA) is 187 Å². The van der Waals surface area contributed by atoms with E-state index in [-0.39, 0.29) is 41.8 Å². The number of likely N-dealkylation sites (tertiary alicyclic amines) is 2. The van der Waals surface area contributed by atoms with Crippen LogP contribution in [-0.2, 0) is 14.3 Å². The highest BCUT2D eigenvalue weighted by Gasteiger charge is 2.47. The molecule has 14 nitrogen and oxygen atoms in total. The first-order valence-corrected chi connectivity index (χ1v) is 19.4. The molecule has 5 heterocycles. The third-order valence-corrected chi connectivity index (χ3v) is 11.3. The first kappa shape index (κ1) is 37.6. The molecule has 6 N–H and O–H groups in total. The van der Waals surface area contributed by atoms with Crippen LogP contribution in [0.3, 0.4) is 0 Å². The first-order chi connectivity index (χ1) is 26.4. The number of guanidine groups is 1. The van der Waals surface area contributed by atoms with E-state index in [4.69, 9.17) is 15.5 Å². The average Bonchev–Trinajstić information content (AvgIpc) is 4.03. The Morgan fingerprint density at radius 1 is 0.818 bits per heavy atom. The second-order valence-corrected chi connectivity index (χ2v) is 15.6. The Morgan fingerprint density at radius 3 is 1.80 bits per heavy atom. The molecule has 3 aliphatic rings. The van der Waals surface area contributed by atoms with E-state index in [9.17, 15) is 14.4 Å². The Bertz CT molecular complexity index is 2040. The zero-order valence-corrected chi connectivity index (χ0v) is 32.3. The Morgan fingerprint density at radius 2 is 1.33 bits per heavy atom. The zero-order valence-electron chi connectivity index (χ0n) is 32.3. The number of primary amides is 1. The fraction of sp³-hybridized carbons (Fsp3) is 0.463. The second-order valence-electron chi connectivity index (χ2n) is 15.6. The molecule has 3 aliphatic heterocycles. The largest absolute Gasteiger partial charge is 0.433 e. The molecule has 2 saturated heterocycles. The molecule has 7 rings (SSSR count). The Labute approximate surface area is 321 Å². The lowest BCUT2D eigenvalue weighted by Crippen LogP contribution is -2.53. The summed E-state index contributed by atoms with van der Waals surface area (Å²) in [6.45, 7) is 12.2. The van der Waals surface area contributed by atoms with Crippen LogP contribution in [-0.4, -0.2) is 91.4 Å². The molecular formula is C41H52N10O4. The third kappa shape index (κ3) is 7.67. The van der Waals surface area contributed by atoms with Crippen molar-refractivity contribution >= 4 is 23.9 Å². The quantitative estimate of drug-likeness (QED) is 0.132. The van der Waals surface area contributed by atoms with Crippen LogP contribution in [0.25, 0.3) is 33.6 Å². The minimum atomic E-state index is -1.36. The van der Waals surface area contributed by atoms with Crippen LogP contribution in [0.15, 0.2) is 65.9 Å². The van der Waals surface area contributed by atoms with Gasteiger partial charge in [0.05, 0.1) is 42.4 Å². The third-order valence-electron chi connectivity index (χ3n) is 11.3. The van der Waals surface area contributed by atoms with Crippen molar-refractivity contribution in [2.75, 3.05) is 26.2 Å². The fourth-order valence-corrected chi connectivity index (χ4v) is 7.84. The molecule has 4 atom stereocenters. The van der Waals surface area contributed by atoms with Crippen LogP contribution < -0.4 is 16.4 Å². The number of carbonyl (C=O) groups excluding carboxylic acids is 3. The minimum Gasteiger partial charge on any atom is -0.433 e. The van der Waals surface area contributed by atoms with E-state index in [1.807, 2.05) is 24.9 Å². The number of rotatable bonds is 11. The van der Waals surface area contributed by atoms with Gasteiger partial charge in [0.1, 0.15) is 17.7 Å². The van der Waals surface area contributed by atoms with Crippen molar-refractivity contribution in [3.63, 3.8) is 0 Å². The van der Waals surface area contributed by atoms with Crippen molar-refractivity contribution in [2.24, 2.45) is 22.6 Å². The smallest absolute Gasteiger partial charge is 0.405 e. The molecule has 0 saturated carbocycles. The molecular weight excluding hydrogens is 697 g/mol. The summed E-state index contributed by atoms with van der Waals surface area (Å²) in [6.07, 6.45) is 6.05. The molecule has 0 aliphatic carbocycles. The van der Waals surface area contributed by atoms with Gasteiger partial charge in [-0.2, -0.15) is 0 Å². The predicted octanol–water partition coefficient (Wildman–Crippen LogP) is 5.54. The molecule has 290 valence electrons. The molecule has 2 fully saturated rings. The molecule has 14 heteroatoms. The van der Waals surface area contributed by atoms with Crippen LogP contribution in [0, 0.1) is 11.8 Å². The van der Waals surface area contributed by atoms with Crippen LogP contribution in [0.2, 0.25) is 0 Å². The Kier molecular flexibility index (Phi) is 10.7. The fourth-order valence-electron chi connectivity index (χ4n) is 7.84. The van der Waals surface area contributed by atoms with Crippen molar-refractivity contribution in [2.45, 2.75) is 84.0 Å². The van der Waals surface area contributed by atoms with Crippen LogP contribution in [0.1, 0.15) is 84.0 Å². The van der Waals surface area contributed by atoms with Crippen LogP contribution in [0.4, 0.5) is 4.79 Å². The number of aromatic amines is 2. The highest BCUT2D eigenvalue weighted by atomic mass is 16.6. The van der Waals surface area contributed by atoms with Gasteiger partial charge in [0.2, 0.25) is 5.91 Å². The number of imidazole rings is 2. The lowest BCUT2D eigenvalue weighted by Gasteiger charge is -2.36. The number of aromatic nitrogens is 4. The molecule has 2 aromatic carbocycles. The average molecular weight is 749 g/mol. The first-order valence-electron chi connectivity index (χ1n) is 19.4. The van der Waals surface area contributed by atoms with E-state index < -0.39 is 11.7 Å². The number of carbonyl (C=O) groups is 3. The highest BCUT2D eigenvalue weighted by Crippen LogP contribution is 2.37. The summed E-state index contributed by atoms with van der Waals surface area (Å²) in [5.74, 6) is 1.85. The van der Waals surface area contributed by atoms with E-state index in [0.29, 0.717) is 31.4 Å². The molecule has 2 aromatic heterocycles. The van der Waals surface area contributed by atoms with Crippen LogP contribution in [0.5, 0.6) is 0 Å². The Hall–Kier alpha value is -5.66. The van der Waals surface area contributed by atoms with E-state index in [1.165, 1.54) is 0 Å². The summed E-state index contributed by atoms with van der Waals surface area (Å²) in [7, 11) is 0. The van der Waals surface area contributed by atoms with Crippen molar-refractivity contribution in [3.05, 3.63) is 72.6 Å². The molecule has 0 radical (unpaired) electrons. The van der Waals surface area contributed by atoms with Gasteiger partial charge in [0, 0.05) is 25.6 Å². The monoisotopic (exact) mass is 748 g/mol. The number of nitrogens with zero attached hydrogens (tertiary/aromatic N) is 5. The lowest BCUT2D eigenvalue weighted by atomic mass is 9.90. The van der Waals surface area contributed by atoms with Gasteiger partial charge in [0.15, 0.2) is 11.6 Å². The maximum atomic E-state index is 13.8. The summed E-state index contributed by atoms with van der Waals surface area (Å²) in [4.78, 5) is 63.6. The van der Waals surface area contributed by atoms with Gasteiger partial charge in [-0.3, -0.25) is 14.6 Å². The summed E-state index contributed by atoms with van der Waals surface area (Å²) < 4.78 is 5.36. The number of hydrogen-bond acceptors (Lipinski definition) is 9. The van der Waals surface area contributed by atoms with Gasteiger partial charge in [-0.1, -0.05) is 76.2 Å². The van der Waals surface area contributed by atoms with Crippen molar-refractivity contribution in [1.82, 2.24) is 40.4 Å². The molecule has 4 aromatic rings. The van der Waals surface area contributed by atoms with Gasteiger partial charge in [0.25, 0.3) is 5.91 Å². The van der Waals surface area contributed by atoms with Gasteiger partial charge in [-0.05, 0) is 60.8 Å². The number of H-pyrrole nitrogens is 2. The normalized spacial score (nSPS) is 20.0. The maximum Gasteiger partial charge on any atom is 0.405 e. The number of aliphatic imine (C=N–C) groups is 1. The standard InChI is InChI=1S/C41H52N10O4/c1-24(2)34(49-40-43-18-19-44-40)37(52)50-20-6-8-32(50)35-45-22-30(47-35)28-14-10-26(11-15-28)27-12-16-29(17-13-27)31-23-46-36(48-31)33-9-7-21-51(33)38(53)41(5,25(3)4)55-39(42)54/h10-17,22-25,32-34H,6-9,18-21H2,1-5H3,(H2,42,54)(H,45,47)(H,46,48)(H2,43,44,49)/t32-,33-,34+,41-/m0/s1.